The highest BCUT2D eigenvalue weighted by Gasteiger charge is 2.23. The number of nitrogens with one attached hydrogen (secondary N) is 1. The molecule has 0 atom stereocenters. The van der Waals surface area contributed by atoms with E-state index in [2.05, 4.69) is 4.72 Å². The van der Waals surface area contributed by atoms with Crippen LogP contribution in [0.2, 0.25) is 0 Å². The number of rotatable bonds is 7. The van der Waals surface area contributed by atoms with Gasteiger partial charge in [0.25, 0.3) is 0 Å². The van der Waals surface area contributed by atoms with E-state index in [9.17, 15) is 8.42 Å². The van der Waals surface area contributed by atoms with Gasteiger partial charge in [-0.05, 0) is 19.9 Å². The van der Waals surface area contributed by atoms with Gasteiger partial charge in [0, 0.05) is 28.1 Å². The molecule has 0 aliphatic rings. The first-order valence-corrected chi connectivity index (χ1v) is 9.07. The number of sulfonamides is 1. The SMILES string of the molecule is CC(C)OCCNS(=O)(=O)c1c(CN)sc2ccccc12. The summed E-state index contributed by atoms with van der Waals surface area (Å²) < 4.78 is 33.9. The van der Waals surface area contributed by atoms with Crippen LogP contribution in [0.4, 0.5) is 0 Å². The molecule has 5 nitrogen and oxygen atoms in total. The number of ether oxygens (including phenoxy) is 1. The molecule has 0 fully saturated rings. The third-order valence-corrected chi connectivity index (χ3v) is 5.83. The number of hydrogen-bond donors (Lipinski definition) is 2. The van der Waals surface area contributed by atoms with Crippen molar-refractivity contribution in [1.29, 1.82) is 0 Å². The largest absolute Gasteiger partial charge is 0.377 e. The molecule has 116 valence electrons. The summed E-state index contributed by atoms with van der Waals surface area (Å²) >= 11 is 1.42. The van der Waals surface area contributed by atoms with Crippen molar-refractivity contribution in [2.45, 2.75) is 31.4 Å². The molecule has 0 spiro atoms. The van der Waals surface area contributed by atoms with Crippen molar-refractivity contribution >= 4 is 31.4 Å². The van der Waals surface area contributed by atoms with Gasteiger partial charge >= 0.3 is 0 Å². The van der Waals surface area contributed by atoms with E-state index in [1.165, 1.54) is 11.3 Å². The Labute approximate surface area is 129 Å². The number of nitrogens with two attached hydrogens (primary N) is 1. The minimum atomic E-state index is -3.58. The summed E-state index contributed by atoms with van der Waals surface area (Å²) in [6, 6.07) is 7.43. The van der Waals surface area contributed by atoms with Crippen LogP contribution in [0.5, 0.6) is 0 Å². The summed E-state index contributed by atoms with van der Waals surface area (Å²) in [5.41, 5.74) is 5.70. The first-order chi connectivity index (χ1) is 9.95. The normalized spacial score (nSPS) is 12.4. The first-order valence-electron chi connectivity index (χ1n) is 6.77. The van der Waals surface area contributed by atoms with E-state index in [-0.39, 0.29) is 19.2 Å². The maximum Gasteiger partial charge on any atom is 0.242 e. The van der Waals surface area contributed by atoms with Crippen LogP contribution in [0.3, 0.4) is 0 Å². The van der Waals surface area contributed by atoms with Gasteiger partial charge < -0.3 is 10.5 Å². The van der Waals surface area contributed by atoms with Crippen molar-refractivity contribution in [3.8, 4) is 0 Å². The predicted octanol–water partition coefficient (Wildman–Crippen LogP) is 2.06. The lowest BCUT2D eigenvalue weighted by atomic mass is 10.2. The van der Waals surface area contributed by atoms with Crippen molar-refractivity contribution in [3.63, 3.8) is 0 Å². The summed E-state index contributed by atoms with van der Waals surface area (Å²) in [6.45, 7) is 4.62. The highest BCUT2D eigenvalue weighted by atomic mass is 32.2. The van der Waals surface area contributed by atoms with Crippen molar-refractivity contribution in [1.82, 2.24) is 4.72 Å². The van der Waals surface area contributed by atoms with Crippen molar-refractivity contribution < 1.29 is 13.2 Å². The number of hydrogen-bond acceptors (Lipinski definition) is 5. The molecule has 1 aromatic heterocycles. The fourth-order valence-electron chi connectivity index (χ4n) is 2.04. The van der Waals surface area contributed by atoms with Gasteiger partial charge in [-0.2, -0.15) is 0 Å². The minimum Gasteiger partial charge on any atom is -0.377 e. The van der Waals surface area contributed by atoms with Gasteiger partial charge in [-0.1, -0.05) is 18.2 Å². The van der Waals surface area contributed by atoms with E-state index in [0.29, 0.717) is 16.4 Å². The topological polar surface area (TPSA) is 81.4 Å². The van der Waals surface area contributed by atoms with Crippen LogP contribution >= 0.6 is 11.3 Å². The van der Waals surface area contributed by atoms with Crippen molar-refractivity contribution in [3.05, 3.63) is 29.1 Å². The molecular formula is C14H20N2O3S2. The second kappa shape index (κ2) is 6.85. The fourth-order valence-corrected chi connectivity index (χ4v) is 4.89. The molecule has 0 unspecified atom stereocenters. The summed E-state index contributed by atoms with van der Waals surface area (Å²) in [5, 5.41) is 0.722. The first kappa shape index (κ1) is 16.4. The van der Waals surface area contributed by atoms with Gasteiger partial charge in [-0.25, -0.2) is 13.1 Å². The molecule has 0 saturated heterocycles. The van der Waals surface area contributed by atoms with E-state index < -0.39 is 10.0 Å². The average Bonchev–Trinajstić information content (AvgIpc) is 2.82. The van der Waals surface area contributed by atoms with Gasteiger partial charge in [0.2, 0.25) is 10.0 Å². The lowest BCUT2D eigenvalue weighted by molar-refractivity contribution is 0.0834. The summed E-state index contributed by atoms with van der Waals surface area (Å²) in [7, 11) is -3.58. The van der Waals surface area contributed by atoms with Crippen LogP contribution in [-0.4, -0.2) is 27.7 Å². The molecule has 7 heteroatoms. The molecule has 2 rings (SSSR count). The number of thiophene rings is 1. The third kappa shape index (κ3) is 3.81. The molecule has 1 heterocycles. The van der Waals surface area contributed by atoms with Gasteiger partial charge in [0.05, 0.1) is 12.7 Å². The van der Waals surface area contributed by atoms with E-state index in [1.807, 2.05) is 38.1 Å². The van der Waals surface area contributed by atoms with Gasteiger partial charge in [0.15, 0.2) is 0 Å². The highest BCUT2D eigenvalue weighted by Crippen LogP contribution is 2.34. The lowest BCUT2D eigenvalue weighted by Gasteiger charge is -2.10. The molecule has 0 amide bonds. The maximum absolute atomic E-state index is 12.5. The standard InChI is InChI=1S/C14H20N2O3S2/c1-10(2)19-8-7-16-21(17,18)14-11-5-3-4-6-12(11)20-13(14)9-15/h3-6,10,16H,7-9,15H2,1-2H3. The van der Waals surface area contributed by atoms with Crippen LogP contribution in [0.25, 0.3) is 10.1 Å². The monoisotopic (exact) mass is 328 g/mol. The van der Waals surface area contributed by atoms with Crippen LogP contribution in [-0.2, 0) is 21.3 Å². The zero-order valence-corrected chi connectivity index (χ0v) is 13.8. The molecule has 0 aliphatic heterocycles. The third-order valence-electron chi connectivity index (χ3n) is 2.92. The summed E-state index contributed by atoms with van der Waals surface area (Å²) in [5.74, 6) is 0. The molecule has 0 aliphatic carbocycles. The molecule has 3 N–H and O–H groups in total. The maximum atomic E-state index is 12.5. The molecular weight excluding hydrogens is 308 g/mol. The minimum absolute atomic E-state index is 0.0797. The lowest BCUT2D eigenvalue weighted by Crippen LogP contribution is -2.29. The van der Waals surface area contributed by atoms with Crippen LogP contribution in [0.15, 0.2) is 29.2 Å². The zero-order chi connectivity index (χ0) is 15.5. The second-order valence-corrected chi connectivity index (χ2v) is 7.71. The molecule has 1 aromatic carbocycles. The Morgan fingerprint density at radius 1 is 1.33 bits per heavy atom. The number of benzene rings is 1. The van der Waals surface area contributed by atoms with Crippen LogP contribution in [0, 0.1) is 0 Å². The quantitative estimate of drug-likeness (QED) is 0.762. The van der Waals surface area contributed by atoms with Crippen molar-refractivity contribution in [2.24, 2.45) is 5.73 Å². The molecule has 21 heavy (non-hydrogen) atoms. The van der Waals surface area contributed by atoms with Crippen LogP contribution < -0.4 is 10.5 Å². The van der Waals surface area contributed by atoms with Crippen LogP contribution in [0.1, 0.15) is 18.7 Å². The Hall–Kier alpha value is -0.990. The predicted molar refractivity (Wildman–Crippen MR) is 86.0 cm³/mol. The number of fused-ring (bicyclic) bond motifs is 1. The van der Waals surface area contributed by atoms with E-state index in [4.69, 9.17) is 10.5 Å². The summed E-state index contributed by atoms with van der Waals surface area (Å²) in [4.78, 5) is 0.976. The van der Waals surface area contributed by atoms with E-state index in [0.717, 1.165) is 10.1 Å². The fraction of sp³-hybridized carbons (Fsp3) is 0.429. The molecule has 2 aromatic rings. The molecule has 0 bridgehead atoms. The van der Waals surface area contributed by atoms with E-state index in [1.54, 1.807) is 0 Å². The zero-order valence-electron chi connectivity index (χ0n) is 12.1. The summed E-state index contributed by atoms with van der Waals surface area (Å²) in [6.07, 6.45) is 0.0797. The van der Waals surface area contributed by atoms with Gasteiger partial charge in [0.1, 0.15) is 4.90 Å². The van der Waals surface area contributed by atoms with Crippen molar-refractivity contribution in [2.75, 3.05) is 13.2 Å². The Morgan fingerprint density at radius 2 is 2.05 bits per heavy atom. The highest BCUT2D eigenvalue weighted by molar-refractivity contribution is 7.90. The smallest absolute Gasteiger partial charge is 0.242 e. The Bertz CT molecular complexity index is 708. The van der Waals surface area contributed by atoms with E-state index >= 15 is 0 Å². The second-order valence-electron chi connectivity index (χ2n) is 4.87. The Kier molecular flexibility index (Phi) is 5.34. The Morgan fingerprint density at radius 3 is 2.71 bits per heavy atom. The average molecular weight is 328 g/mol. The molecule has 0 radical (unpaired) electrons. The van der Waals surface area contributed by atoms with Gasteiger partial charge in [-0.15, -0.1) is 11.3 Å². The van der Waals surface area contributed by atoms with Gasteiger partial charge in [-0.3, -0.25) is 0 Å². The Balaban J connectivity index is 2.27. The molecule has 0 saturated carbocycles.